The van der Waals surface area contributed by atoms with Crippen molar-refractivity contribution < 1.29 is 14.3 Å². The number of nitrogens with zero attached hydrogens (tertiary/aromatic N) is 2. The molecule has 0 N–H and O–H groups in total. The summed E-state index contributed by atoms with van der Waals surface area (Å²) in [5, 5.41) is 4.15. The lowest BCUT2D eigenvalue weighted by molar-refractivity contribution is -0.172. The van der Waals surface area contributed by atoms with Gasteiger partial charge in [-0.1, -0.05) is 31.2 Å². The van der Waals surface area contributed by atoms with Crippen LogP contribution in [0.4, 0.5) is 0 Å². The average Bonchev–Trinajstić information content (AvgIpc) is 3.21. The van der Waals surface area contributed by atoms with E-state index in [9.17, 15) is 9.59 Å². The summed E-state index contributed by atoms with van der Waals surface area (Å²) in [6.07, 6.45) is 0.862. The molecule has 1 fully saturated rings. The average molecular weight is 387 g/mol. The number of ether oxygens (including phenoxy) is 1. The first-order valence-corrected chi connectivity index (χ1v) is 10.1. The molecule has 2 aromatic rings. The molecular formula is C21H26N2O3S. The van der Waals surface area contributed by atoms with E-state index in [4.69, 9.17) is 4.74 Å². The molecule has 1 aliphatic heterocycles. The summed E-state index contributed by atoms with van der Waals surface area (Å²) in [4.78, 5) is 28.8. The van der Waals surface area contributed by atoms with Gasteiger partial charge >= 0.3 is 0 Å². The first-order valence-electron chi connectivity index (χ1n) is 9.21. The zero-order valence-corrected chi connectivity index (χ0v) is 16.9. The van der Waals surface area contributed by atoms with Crippen molar-refractivity contribution in [2.45, 2.75) is 25.4 Å². The first-order chi connectivity index (χ1) is 13.0. The Balaban J connectivity index is 1.99. The lowest BCUT2D eigenvalue weighted by Gasteiger charge is -2.43. The molecule has 0 saturated carbocycles. The van der Waals surface area contributed by atoms with Gasteiger partial charge in [0, 0.05) is 33.5 Å². The molecule has 5 nitrogen and oxygen atoms in total. The van der Waals surface area contributed by atoms with E-state index in [1.165, 1.54) is 0 Å². The minimum Gasteiger partial charge on any atom is -0.361 e. The summed E-state index contributed by atoms with van der Waals surface area (Å²) in [7, 11) is 3.47. The molecule has 1 saturated heterocycles. The fraction of sp³-hybridized carbons (Fsp3) is 0.429. The monoisotopic (exact) mass is 386 g/mol. The Morgan fingerprint density at radius 3 is 2.70 bits per heavy atom. The van der Waals surface area contributed by atoms with Gasteiger partial charge < -0.3 is 14.5 Å². The second-order valence-electron chi connectivity index (χ2n) is 7.06. The molecule has 0 spiro atoms. The number of thiophene rings is 1. The molecule has 6 heteroatoms. The predicted molar refractivity (Wildman–Crippen MR) is 108 cm³/mol. The molecule has 0 radical (unpaired) electrons. The smallest absolute Gasteiger partial charge is 0.256 e. The normalized spacial score (nSPS) is 19.7. The number of benzene rings is 1. The van der Waals surface area contributed by atoms with Crippen LogP contribution in [-0.4, -0.2) is 61.0 Å². The molecule has 2 amide bonds. The van der Waals surface area contributed by atoms with Gasteiger partial charge in [-0.05, 0) is 33.5 Å². The molecule has 1 aromatic heterocycles. The zero-order chi connectivity index (χ0) is 19.4. The number of carbonyl (C=O) groups excluding carboxylic acids is 2. The summed E-state index contributed by atoms with van der Waals surface area (Å²) >= 11 is 1.65. The Bertz CT molecular complexity index is 804. The number of amides is 2. The van der Waals surface area contributed by atoms with Crippen LogP contribution in [0.1, 0.15) is 18.9 Å². The highest BCUT2D eigenvalue weighted by atomic mass is 32.1. The Kier molecular flexibility index (Phi) is 5.97. The van der Waals surface area contributed by atoms with E-state index >= 15 is 0 Å². The number of rotatable bonds is 5. The Morgan fingerprint density at radius 1 is 1.26 bits per heavy atom. The lowest BCUT2D eigenvalue weighted by atomic mass is 9.87. The quantitative estimate of drug-likeness (QED) is 0.794. The number of morpholine rings is 1. The van der Waals surface area contributed by atoms with Crippen LogP contribution in [0, 0.1) is 0 Å². The van der Waals surface area contributed by atoms with E-state index in [1.54, 1.807) is 35.2 Å². The van der Waals surface area contributed by atoms with Gasteiger partial charge in [-0.25, -0.2) is 0 Å². The van der Waals surface area contributed by atoms with Crippen molar-refractivity contribution in [2.24, 2.45) is 0 Å². The van der Waals surface area contributed by atoms with Gasteiger partial charge in [0.25, 0.3) is 5.91 Å². The van der Waals surface area contributed by atoms with Gasteiger partial charge in [0.15, 0.2) is 5.60 Å². The third-order valence-electron chi connectivity index (χ3n) is 4.96. The summed E-state index contributed by atoms with van der Waals surface area (Å²) in [6.45, 7) is 3.03. The Labute approximate surface area is 164 Å². The first kappa shape index (κ1) is 19.6. The zero-order valence-electron chi connectivity index (χ0n) is 16.1. The summed E-state index contributed by atoms with van der Waals surface area (Å²) in [6, 6.07) is 10.2. The lowest BCUT2D eigenvalue weighted by Crippen LogP contribution is -2.61. The van der Waals surface area contributed by atoms with Crippen molar-refractivity contribution in [2.75, 3.05) is 33.8 Å². The van der Waals surface area contributed by atoms with Crippen molar-refractivity contribution in [3.05, 3.63) is 46.7 Å². The fourth-order valence-electron chi connectivity index (χ4n) is 3.62. The van der Waals surface area contributed by atoms with Gasteiger partial charge in [0.05, 0.1) is 13.2 Å². The van der Waals surface area contributed by atoms with Crippen LogP contribution in [0.15, 0.2) is 41.1 Å². The van der Waals surface area contributed by atoms with E-state index < -0.39 is 5.60 Å². The van der Waals surface area contributed by atoms with Crippen LogP contribution in [0.25, 0.3) is 11.1 Å². The van der Waals surface area contributed by atoms with E-state index in [1.807, 2.05) is 30.5 Å². The molecule has 1 atom stereocenters. The van der Waals surface area contributed by atoms with Crippen LogP contribution in [0.5, 0.6) is 0 Å². The second-order valence-corrected chi connectivity index (χ2v) is 7.84. The van der Waals surface area contributed by atoms with Crippen LogP contribution < -0.4 is 0 Å². The predicted octanol–water partition coefficient (Wildman–Crippen LogP) is 3.05. The molecular weight excluding hydrogens is 360 g/mol. The molecule has 0 aliphatic carbocycles. The van der Waals surface area contributed by atoms with Crippen molar-refractivity contribution in [3.63, 3.8) is 0 Å². The highest BCUT2D eigenvalue weighted by Crippen LogP contribution is 2.32. The number of hydrogen-bond acceptors (Lipinski definition) is 4. The molecule has 0 bridgehead atoms. The molecule has 144 valence electrons. The maximum atomic E-state index is 13.1. The largest absolute Gasteiger partial charge is 0.361 e. The fourth-order valence-corrected chi connectivity index (χ4v) is 4.28. The summed E-state index contributed by atoms with van der Waals surface area (Å²) in [5.41, 5.74) is 2.24. The SMILES string of the molecule is CCC(=O)N1CCOC(Cc2ccccc2-c2ccsc2)(C(=O)N(C)C)C1. The Morgan fingerprint density at radius 2 is 2.04 bits per heavy atom. The van der Waals surface area contributed by atoms with Crippen molar-refractivity contribution in [1.82, 2.24) is 9.80 Å². The van der Waals surface area contributed by atoms with E-state index in [-0.39, 0.29) is 18.4 Å². The van der Waals surface area contributed by atoms with Gasteiger partial charge in [-0.2, -0.15) is 11.3 Å². The number of carbonyl (C=O) groups is 2. The molecule has 1 unspecified atom stereocenters. The molecule has 3 rings (SSSR count). The highest BCUT2D eigenvalue weighted by molar-refractivity contribution is 7.08. The Hall–Kier alpha value is -2.18. The molecule has 27 heavy (non-hydrogen) atoms. The van der Waals surface area contributed by atoms with Crippen molar-refractivity contribution in [1.29, 1.82) is 0 Å². The minimum atomic E-state index is -1.06. The van der Waals surface area contributed by atoms with Crippen LogP contribution in [-0.2, 0) is 20.7 Å². The van der Waals surface area contributed by atoms with Gasteiger partial charge in [-0.3, -0.25) is 9.59 Å². The van der Waals surface area contributed by atoms with Gasteiger partial charge in [0.2, 0.25) is 5.91 Å². The summed E-state index contributed by atoms with van der Waals surface area (Å²) < 4.78 is 6.11. The van der Waals surface area contributed by atoms with Gasteiger partial charge in [-0.15, -0.1) is 0 Å². The van der Waals surface area contributed by atoms with Crippen LogP contribution >= 0.6 is 11.3 Å². The second kappa shape index (κ2) is 8.23. The van der Waals surface area contributed by atoms with E-state index in [0.29, 0.717) is 26.0 Å². The van der Waals surface area contributed by atoms with Crippen LogP contribution in [0.3, 0.4) is 0 Å². The van der Waals surface area contributed by atoms with E-state index in [0.717, 1.165) is 16.7 Å². The van der Waals surface area contributed by atoms with Crippen molar-refractivity contribution >= 4 is 23.2 Å². The minimum absolute atomic E-state index is 0.0559. The van der Waals surface area contributed by atoms with E-state index in [2.05, 4.69) is 17.5 Å². The molecule has 2 heterocycles. The van der Waals surface area contributed by atoms with Crippen molar-refractivity contribution in [3.8, 4) is 11.1 Å². The third kappa shape index (κ3) is 4.06. The van der Waals surface area contributed by atoms with Crippen LogP contribution in [0.2, 0.25) is 0 Å². The molecule has 1 aromatic carbocycles. The maximum Gasteiger partial charge on any atom is 0.256 e. The maximum absolute atomic E-state index is 13.1. The van der Waals surface area contributed by atoms with Gasteiger partial charge in [0.1, 0.15) is 0 Å². The topological polar surface area (TPSA) is 49.9 Å². The number of hydrogen-bond donors (Lipinski definition) is 0. The third-order valence-corrected chi connectivity index (χ3v) is 5.65. The number of likely N-dealkylation sites (N-methyl/N-ethyl adjacent to an activating group) is 1. The molecule has 1 aliphatic rings. The standard InChI is InChI=1S/C21H26N2O3S/c1-4-19(24)23-10-11-26-21(15-23,20(25)22(2)3)13-16-7-5-6-8-18(16)17-9-12-27-14-17/h5-9,12,14H,4,10-11,13,15H2,1-3H3. The summed E-state index contributed by atoms with van der Waals surface area (Å²) in [5.74, 6) is -0.0448. The highest BCUT2D eigenvalue weighted by Gasteiger charge is 2.46.